The first kappa shape index (κ1) is 49.5. The van der Waals surface area contributed by atoms with E-state index in [0.29, 0.717) is 77.3 Å². The molecule has 0 aliphatic carbocycles. The first-order valence-corrected chi connectivity index (χ1v) is 23.5. The van der Waals surface area contributed by atoms with Crippen molar-refractivity contribution in [3.63, 3.8) is 0 Å². The van der Waals surface area contributed by atoms with Gasteiger partial charge in [-0.2, -0.15) is 4.39 Å². The maximum Gasteiger partial charge on any atom is 0.257 e. The molecule has 6 rings (SSSR count). The molecule has 0 radical (unpaired) electrons. The Morgan fingerprint density at radius 2 is 1.47 bits per heavy atom. The molecule has 3 aromatic carbocycles. The summed E-state index contributed by atoms with van der Waals surface area (Å²) in [6.45, 7) is 6.25. The normalized spacial score (nSPS) is 16.3. The fourth-order valence-electron chi connectivity index (χ4n) is 8.04. The summed E-state index contributed by atoms with van der Waals surface area (Å²) in [6.07, 6.45) is 3.70. The molecule has 5 N–H and O–H groups in total. The number of morpholine rings is 1. The third kappa shape index (κ3) is 13.1. The molecule has 1 unspecified atom stereocenters. The number of thiazole rings is 1. The molecule has 4 aromatic rings. The van der Waals surface area contributed by atoms with E-state index in [4.69, 9.17) is 9.47 Å². The minimum atomic E-state index is -1.20. The lowest BCUT2D eigenvalue weighted by molar-refractivity contribution is -0.142. The number of nitrogens with one attached hydrogen (secondary N) is 5. The molecule has 66 heavy (non-hydrogen) atoms. The number of rotatable bonds is 22. The summed E-state index contributed by atoms with van der Waals surface area (Å²) in [5, 5.41) is 16.9. The summed E-state index contributed by atoms with van der Waals surface area (Å²) in [6, 6.07) is 18.1. The number of halogens is 2. The Bertz CT molecular complexity index is 2210. The molecule has 2 fully saturated rings. The number of anilines is 1. The number of likely N-dealkylation sites (N-methyl/N-ethyl adjacent to an activating group) is 1. The number of likely N-dealkylation sites (tertiary alicyclic amines) is 1. The molecule has 5 amide bonds. The predicted octanol–water partition coefficient (Wildman–Crippen LogP) is 4.52. The van der Waals surface area contributed by atoms with Crippen LogP contribution >= 0.6 is 11.3 Å². The van der Waals surface area contributed by atoms with E-state index in [9.17, 15) is 32.8 Å². The molecule has 0 bridgehead atoms. The molecule has 3 heterocycles. The Hall–Kier alpha value is -5.98. The van der Waals surface area contributed by atoms with Gasteiger partial charge in [0, 0.05) is 49.6 Å². The Balaban J connectivity index is 1.00. The Morgan fingerprint density at radius 1 is 0.818 bits per heavy atom. The van der Waals surface area contributed by atoms with E-state index >= 15 is 0 Å². The van der Waals surface area contributed by atoms with Gasteiger partial charge in [-0.15, -0.1) is 11.3 Å². The maximum atomic E-state index is 15.0. The van der Waals surface area contributed by atoms with E-state index < -0.39 is 60.1 Å². The van der Waals surface area contributed by atoms with Crippen LogP contribution in [0.1, 0.15) is 69.4 Å². The van der Waals surface area contributed by atoms with E-state index in [1.807, 2.05) is 60.7 Å². The average molecular weight is 931 g/mol. The molecule has 18 heteroatoms. The van der Waals surface area contributed by atoms with Crippen molar-refractivity contribution < 1.29 is 42.2 Å². The lowest BCUT2D eigenvalue weighted by Gasteiger charge is -2.32. The van der Waals surface area contributed by atoms with Crippen LogP contribution in [0.15, 0.2) is 78.2 Å². The van der Waals surface area contributed by atoms with Crippen LogP contribution in [0.25, 0.3) is 11.3 Å². The summed E-state index contributed by atoms with van der Waals surface area (Å²) in [4.78, 5) is 75.4. The highest BCUT2D eigenvalue weighted by atomic mass is 32.1. The minimum Gasteiger partial charge on any atom is -0.480 e. The van der Waals surface area contributed by atoms with Crippen molar-refractivity contribution in [2.45, 2.75) is 82.5 Å². The van der Waals surface area contributed by atoms with Gasteiger partial charge in [-0.05, 0) is 69.8 Å². The highest BCUT2D eigenvalue weighted by Crippen LogP contribution is 2.36. The van der Waals surface area contributed by atoms with Crippen LogP contribution in [0.2, 0.25) is 0 Å². The van der Waals surface area contributed by atoms with Gasteiger partial charge in [-0.3, -0.25) is 24.0 Å². The lowest BCUT2D eigenvalue weighted by atomic mass is 9.84. The molecule has 15 nitrogen and oxygen atoms in total. The number of unbranched alkanes of at least 4 members (excludes halogenated alkanes) is 3. The number of ether oxygens (including phenoxy) is 2. The number of nitrogens with zero attached hydrogens (tertiary/aromatic N) is 3. The molecular weight excluding hydrogens is 871 g/mol. The smallest absolute Gasteiger partial charge is 0.257 e. The van der Waals surface area contributed by atoms with Gasteiger partial charge in [0.1, 0.15) is 18.1 Å². The van der Waals surface area contributed by atoms with Gasteiger partial charge < -0.3 is 45.9 Å². The molecule has 2 saturated heterocycles. The van der Waals surface area contributed by atoms with Crippen molar-refractivity contribution in [3.8, 4) is 17.0 Å². The van der Waals surface area contributed by atoms with Crippen molar-refractivity contribution in [2.24, 2.45) is 0 Å². The molecule has 4 atom stereocenters. The van der Waals surface area contributed by atoms with Crippen LogP contribution in [0.5, 0.6) is 5.75 Å². The zero-order valence-corrected chi connectivity index (χ0v) is 38.5. The predicted molar refractivity (Wildman–Crippen MR) is 248 cm³/mol. The van der Waals surface area contributed by atoms with Crippen molar-refractivity contribution in [1.82, 2.24) is 36.5 Å². The average Bonchev–Trinajstić information content (AvgIpc) is 4.04. The molecule has 0 spiro atoms. The van der Waals surface area contributed by atoms with E-state index in [0.717, 1.165) is 35.2 Å². The van der Waals surface area contributed by atoms with Gasteiger partial charge >= 0.3 is 0 Å². The first-order valence-electron chi connectivity index (χ1n) is 22.6. The molecule has 2 aliphatic heterocycles. The lowest BCUT2D eigenvalue weighted by Crippen LogP contribution is -2.57. The van der Waals surface area contributed by atoms with Gasteiger partial charge in [0.05, 0.1) is 24.9 Å². The van der Waals surface area contributed by atoms with Crippen LogP contribution in [-0.4, -0.2) is 123 Å². The summed E-state index contributed by atoms with van der Waals surface area (Å²) < 4.78 is 40.2. The van der Waals surface area contributed by atoms with Crippen LogP contribution in [0, 0.1) is 11.6 Å². The number of hydrogen-bond acceptors (Lipinski definition) is 11. The second-order valence-corrected chi connectivity index (χ2v) is 17.2. The van der Waals surface area contributed by atoms with E-state index in [-0.39, 0.29) is 29.0 Å². The van der Waals surface area contributed by atoms with Gasteiger partial charge in [0.25, 0.3) is 5.91 Å². The molecule has 1 aromatic heterocycles. The highest BCUT2D eigenvalue weighted by Gasteiger charge is 2.40. The molecular formula is C48H60F2N8O7S. The van der Waals surface area contributed by atoms with Gasteiger partial charge in [-0.1, -0.05) is 73.5 Å². The van der Waals surface area contributed by atoms with Gasteiger partial charge in [-0.25, -0.2) is 9.37 Å². The van der Waals surface area contributed by atoms with Crippen LogP contribution in [0.3, 0.4) is 0 Å². The maximum absolute atomic E-state index is 15.0. The topological polar surface area (TPSA) is 183 Å². The molecule has 354 valence electrons. The minimum absolute atomic E-state index is 0.245. The Labute approximate surface area is 388 Å². The van der Waals surface area contributed by atoms with E-state index in [1.54, 1.807) is 26.3 Å². The van der Waals surface area contributed by atoms with E-state index in [2.05, 4.69) is 36.5 Å². The SMILES string of the molecule is CN[C@@H](C)C(=O)N[C@@H](C)C(=O)N1CCCC1C(=O)N[C@H](C(=O)NCCCCCCNC(=O)COc1c(-c2csc(N3CCOCC3)n2)ccc(F)c1F)C(c1ccccc1)c1ccccc1. The fourth-order valence-corrected chi connectivity index (χ4v) is 8.91. The number of aromatic nitrogens is 1. The second kappa shape index (κ2) is 24.5. The largest absolute Gasteiger partial charge is 0.480 e. The molecule has 2 aliphatic rings. The van der Waals surface area contributed by atoms with Gasteiger partial charge in [0.15, 0.2) is 23.3 Å². The second-order valence-electron chi connectivity index (χ2n) is 16.4. The van der Waals surface area contributed by atoms with Gasteiger partial charge in [0.2, 0.25) is 29.4 Å². The fraction of sp³-hybridized carbons (Fsp3) is 0.458. The summed E-state index contributed by atoms with van der Waals surface area (Å²) in [7, 11) is 1.65. The number of amides is 5. The van der Waals surface area contributed by atoms with Crippen molar-refractivity contribution in [1.29, 1.82) is 0 Å². The zero-order valence-electron chi connectivity index (χ0n) is 37.7. The highest BCUT2D eigenvalue weighted by molar-refractivity contribution is 7.14. The monoisotopic (exact) mass is 930 g/mol. The van der Waals surface area contributed by atoms with Crippen molar-refractivity contribution in [3.05, 3.63) is 101 Å². The number of hydrogen-bond donors (Lipinski definition) is 5. The van der Waals surface area contributed by atoms with E-state index in [1.165, 1.54) is 22.3 Å². The third-order valence-corrected chi connectivity index (χ3v) is 12.7. The van der Waals surface area contributed by atoms with Crippen LogP contribution in [0.4, 0.5) is 13.9 Å². The van der Waals surface area contributed by atoms with Crippen LogP contribution < -0.4 is 36.2 Å². The number of carbonyl (C=O) groups is 5. The van der Waals surface area contributed by atoms with Crippen molar-refractivity contribution in [2.75, 3.05) is 64.5 Å². The molecule has 0 saturated carbocycles. The summed E-state index contributed by atoms with van der Waals surface area (Å²) in [5.41, 5.74) is 2.31. The Kier molecular flexibility index (Phi) is 18.4. The zero-order chi connectivity index (χ0) is 47.0. The standard InChI is InChI=1S/C48H60F2N8O7S/c1-31(51-3)44(60)54-32(2)47(63)58-24-14-19-38(58)45(61)56-42(40(33-15-8-6-9-16-33)34-17-10-7-11-18-34)46(62)53-23-13-5-4-12-22-52-39(59)29-65-43-35(20-21-36(49)41(43)50)37-30-66-48(55-37)57-25-27-64-28-26-57/h6-11,15-18,20-21,30-32,38,40,42,51H,4-5,12-14,19,22-29H2,1-3H3,(H,52,59)(H,53,62)(H,54,60)(H,56,61)/t31-,32-,38?,42-/m0/s1. The summed E-state index contributed by atoms with van der Waals surface area (Å²) in [5.74, 6) is -5.26. The third-order valence-electron chi connectivity index (χ3n) is 11.8. The quantitative estimate of drug-likeness (QED) is 0.0704. The van der Waals surface area contributed by atoms with Crippen LogP contribution in [-0.2, 0) is 28.7 Å². The Morgan fingerprint density at radius 3 is 2.12 bits per heavy atom. The number of carbonyl (C=O) groups excluding carboxylic acids is 5. The summed E-state index contributed by atoms with van der Waals surface area (Å²) >= 11 is 1.38. The number of benzene rings is 3. The van der Waals surface area contributed by atoms with Crippen molar-refractivity contribution >= 4 is 46.0 Å². The first-order chi connectivity index (χ1) is 32.0.